The standard InChI is InChI=1S/C23H23FN4OS/c24-16-8-10-17(11-9-16)27-13-3-7-20(27)22-21(19-6-1-2-12-25-19)26-23(30)28(22)15-18-5-4-14-29-18/h1-3,6-13,18,21-22H,4-5,14-15H2,(H,26,30)/t18-,21+,22-/m1/s1. The van der Waals surface area contributed by atoms with Crippen molar-refractivity contribution in [3.8, 4) is 5.69 Å². The summed E-state index contributed by atoms with van der Waals surface area (Å²) in [5.74, 6) is -0.248. The number of benzene rings is 1. The summed E-state index contributed by atoms with van der Waals surface area (Å²) in [4.78, 5) is 6.82. The predicted molar refractivity (Wildman–Crippen MR) is 117 cm³/mol. The molecule has 4 heterocycles. The molecule has 2 fully saturated rings. The molecule has 0 spiro atoms. The summed E-state index contributed by atoms with van der Waals surface area (Å²) >= 11 is 5.75. The summed E-state index contributed by atoms with van der Waals surface area (Å²) in [5, 5.41) is 4.19. The van der Waals surface area contributed by atoms with Crippen molar-refractivity contribution >= 4 is 17.3 Å². The van der Waals surface area contributed by atoms with Crippen LogP contribution < -0.4 is 5.32 Å². The van der Waals surface area contributed by atoms with Crippen molar-refractivity contribution in [1.82, 2.24) is 19.8 Å². The summed E-state index contributed by atoms with van der Waals surface area (Å²) in [6.45, 7) is 1.54. The maximum Gasteiger partial charge on any atom is 0.170 e. The summed E-state index contributed by atoms with van der Waals surface area (Å²) < 4.78 is 21.5. The topological polar surface area (TPSA) is 42.3 Å². The zero-order chi connectivity index (χ0) is 20.5. The van der Waals surface area contributed by atoms with Crippen LogP contribution >= 0.6 is 12.2 Å². The number of nitrogens with one attached hydrogen (secondary N) is 1. The molecule has 0 radical (unpaired) electrons. The number of hydrogen-bond donors (Lipinski definition) is 1. The number of halogens is 1. The number of hydrogen-bond acceptors (Lipinski definition) is 3. The van der Waals surface area contributed by atoms with Crippen LogP contribution in [0.15, 0.2) is 67.0 Å². The van der Waals surface area contributed by atoms with Crippen LogP contribution in [-0.4, -0.2) is 38.8 Å². The Kier molecular flexibility index (Phi) is 5.23. The third-order valence-corrected chi connectivity index (χ3v) is 6.16. The Morgan fingerprint density at radius 3 is 2.73 bits per heavy atom. The van der Waals surface area contributed by atoms with E-state index in [1.165, 1.54) is 12.1 Å². The third kappa shape index (κ3) is 3.59. The van der Waals surface area contributed by atoms with Crippen molar-refractivity contribution < 1.29 is 9.13 Å². The van der Waals surface area contributed by atoms with Gasteiger partial charge in [0, 0.05) is 36.9 Å². The second-order valence-electron chi connectivity index (χ2n) is 7.69. The number of ether oxygens (including phenoxy) is 1. The van der Waals surface area contributed by atoms with Gasteiger partial charge < -0.3 is 19.5 Å². The Morgan fingerprint density at radius 1 is 1.13 bits per heavy atom. The van der Waals surface area contributed by atoms with Crippen LogP contribution in [0.25, 0.3) is 5.69 Å². The number of pyridine rings is 1. The summed E-state index contributed by atoms with van der Waals surface area (Å²) in [5.41, 5.74) is 2.92. The van der Waals surface area contributed by atoms with Crippen molar-refractivity contribution in [1.29, 1.82) is 0 Å². The number of rotatable bonds is 5. The molecule has 2 aliphatic rings. The Bertz CT molecular complexity index is 1020. The molecule has 5 nitrogen and oxygen atoms in total. The molecule has 3 aromatic rings. The van der Waals surface area contributed by atoms with Gasteiger partial charge in [-0.15, -0.1) is 0 Å². The quantitative estimate of drug-likeness (QED) is 0.626. The van der Waals surface area contributed by atoms with Crippen LogP contribution in [-0.2, 0) is 4.74 Å². The van der Waals surface area contributed by atoms with Gasteiger partial charge in [-0.2, -0.15) is 0 Å². The maximum atomic E-state index is 13.5. The van der Waals surface area contributed by atoms with Gasteiger partial charge in [-0.25, -0.2) is 4.39 Å². The van der Waals surface area contributed by atoms with Crippen molar-refractivity contribution in [3.05, 3.63) is 84.2 Å². The maximum absolute atomic E-state index is 13.5. The number of aromatic nitrogens is 2. The fourth-order valence-corrected chi connectivity index (χ4v) is 4.72. The van der Waals surface area contributed by atoms with E-state index in [2.05, 4.69) is 25.8 Å². The molecule has 1 aromatic carbocycles. The molecule has 0 unspecified atom stereocenters. The summed E-state index contributed by atoms with van der Waals surface area (Å²) in [6, 6.07) is 16.4. The van der Waals surface area contributed by atoms with Crippen LogP contribution in [0, 0.1) is 5.82 Å². The average Bonchev–Trinajstić information content (AvgIpc) is 3.51. The van der Waals surface area contributed by atoms with Crippen molar-refractivity contribution in [2.24, 2.45) is 0 Å². The zero-order valence-corrected chi connectivity index (χ0v) is 17.3. The SMILES string of the molecule is Fc1ccc(-n2cccc2[C@@H]2[C@H](c3ccccn3)NC(=S)N2C[C@H]2CCCO2)cc1. The second-order valence-corrected chi connectivity index (χ2v) is 8.08. The predicted octanol–water partition coefficient (Wildman–Crippen LogP) is 4.16. The van der Waals surface area contributed by atoms with Crippen LogP contribution in [0.3, 0.4) is 0 Å². The minimum atomic E-state index is -0.248. The van der Waals surface area contributed by atoms with Gasteiger partial charge in [0.1, 0.15) is 5.82 Å². The van der Waals surface area contributed by atoms with Crippen molar-refractivity contribution in [3.63, 3.8) is 0 Å². The molecular formula is C23H23FN4OS. The molecule has 2 aliphatic heterocycles. The Morgan fingerprint density at radius 2 is 2.00 bits per heavy atom. The van der Waals surface area contributed by atoms with Crippen LogP contribution in [0.4, 0.5) is 4.39 Å². The van der Waals surface area contributed by atoms with E-state index in [0.717, 1.165) is 43.1 Å². The fraction of sp³-hybridized carbons (Fsp3) is 0.304. The first-order chi connectivity index (χ1) is 14.7. The molecule has 0 saturated carbocycles. The number of thiocarbonyl (C=S) groups is 1. The Hall–Kier alpha value is -2.77. The van der Waals surface area contributed by atoms with Gasteiger partial charge in [0.15, 0.2) is 5.11 Å². The largest absolute Gasteiger partial charge is 0.376 e. The highest BCUT2D eigenvalue weighted by Crippen LogP contribution is 2.40. The minimum Gasteiger partial charge on any atom is -0.376 e. The third-order valence-electron chi connectivity index (χ3n) is 5.81. The second kappa shape index (κ2) is 8.16. The molecular weight excluding hydrogens is 399 g/mol. The van der Waals surface area contributed by atoms with Gasteiger partial charge in [0.05, 0.1) is 23.9 Å². The van der Waals surface area contributed by atoms with Crippen LogP contribution in [0.2, 0.25) is 0 Å². The molecule has 154 valence electrons. The van der Waals surface area contributed by atoms with E-state index in [0.29, 0.717) is 5.11 Å². The minimum absolute atomic E-state index is 0.0587. The highest BCUT2D eigenvalue weighted by Gasteiger charge is 2.42. The van der Waals surface area contributed by atoms with Crippen LogP contribution in [0.5, 0.6) is 0 Å². The lowest BCUT2D eigenvalue weighted by Gasteiger charge is -2.30. The van der Waals surface area contributed by atoms with E-state index in [9.17, 15) is 4.39 Å². The lowest BCUT2D eigenvalue weighted by molar-refractivity contribution is 0.0836. The van der Waals surface area contributed by atoms with Gasteiger partial charge in [0.25, 0.3) is 0 Å². The highest BCUT2D eigenvalue weighted by atomic mass is 32.1. The van der Waals surface area contributed by atoms with E-state index < -0.39 is 0 Å². The molecule has 30 heavy (non-hydrogen) atoms. The summed E-state index contributed by atoms with van der Waals surface area (Å²) in [7, 11) is 0. The van der Waals surface area contributed by atoms with Crippen molar-refractivity contribution in [2.75, 3.05) is 13.2 Å². The Balaban J connectivity index is 1.56. The molecule has 7 heteroatoms. The van der Waals surface area contributed by atoms with Gasteiger partial charge in [-0.1, -0.05) is 6.07 Å². The fourth-order valence-electron chi connectivity index (χ4n) is 4.40. The normalized spacial score (nSPS) is 23.7. The van der Waals surface area contributed by atoms with Gasteiger partial charge in [-0.3, -0.25) is 4.98 Å². The number of nitrogens with zero attached hydrogens (tertiary/aromatic N) is 3. The lowest BCUT2D eigenvalue weighted by Crippen LogP contribution is -2.36. The van der Waals surface area contributed by atoms with E-state index in [-0.39, 0.29) is 24.0 Å². The van der Waals surface area contributed by atoms with E-state index in [1.54, 1.807) is 18.3 Å². The molecule has 0 amide bonds. The first-order valence-corrected chi connectivity index (χ1v) is 10.6. The summed E-state index contributed by atoms with van der Waals surface area (Å²) in [6.07, 6.45) is 6.10. The smallest absolute Gasteiger partial charge is 0.170 e. The average molecular weight is 423 g/mol. The molecule has 0 bridgehead atoms. The molecule has 3 atom stereocenters. The lowest BCUT2D eigenvalue weighted by atomic mass is 10.0. The van der Waals surface area contributed by atoms with Gasteiger partial charge in [-0.05, 0) is 73.6 Å². The monoisotopic (exact) mass is 422 g/mol. The molecule has 2 aromatic heterocycles. The molecule has 1 N–H and O–H groups in total. The van der Waals surface area contributed by atoms with E-state index in [1.807, 2.05) is 30.5 Å². The molecule has 0 aliphatic carbocycles. The first kappa shape index (κ1) is 19.2. The zero-order valence-electron chi connectivity index (χ0n) is 16.4. The van der Waals surface area contributed by atoms with E-state index >= 15 is 0 Å². The van der Waals surface area contributed by atoms with Gasteiger partial charge in [0.2, 0.25) is 0 Å². The van der Waals surface area contributed by atoms with Crippen molar-refractivity contribution in [2.45, 2.75) is 31.0 Å². The molecule has 2 saturated heterocycles. The first-order valence-electron chi connectivity index (χ1n) is 10.2. The van der Waals surface area contributed by atoms with Gasteiger partial charge >= 0.3 is 0 Å². The highest BCUT2D eigenvalue weighted by molar-refractivity contribution is 7.80. The molecule has 5 rings (SSSR count). The van der Waals surface area contributed by atoms with Crippen LogP contribution in [0.1, 0.15) is 36.3 Å². The van der Waals surface area contributed by atoms with E-state index in [4.69, 9.17) is 17.0 Å². The Labute approximate surface area is 180 Å².